The van der Waals surface area contributed by atoms with Crippen molar-refractivity contribution >= 4 is 28.7 Å². The van der Waals surface area contributed by atoms with Crippen LogP contribution >= 0.6 is 0 Å². The first kappa shape index (κ1) is 25.5. The largest absolute Gasteiger partial charge is 0.494 e. The van der Waals surface area contributed by atoms with Gasteiger partial charge in [-0.15, -0.1) is 0 Å². The Bertz CT molecular complexity index is 1400. The molecule has 10 nitrogen and oxygen atoms in total. The molecule has 3 aromatic rings. The molecule has 0 atom stereocenters. The summed E-state index contributed by atoms with van der Waals surface area (Å²) in [6.45, 7) is 2.78. The van der Waals surface area contributed by atoms with Crippen molar-refractivity contribution in [3.8, 4) is 16.9 Å². The van der Waals surface area contributed by atoms with E-state index in [0.29, 0.717) is 34.6 Å². The summed E-state index contributed by atoms with van der Waals surface area (Å²) in [6, 6.07) is 13.5. The molecule has 0 bridgehead atoms. The Morgan fingerprint density at radius 1 is 0.730 bits per heavy atom. The lowest BCUT2D eigenvalue weighted by atomic mass is 10.00. The normalized spacial score (nSPS) is 12.7. The third kappa shape index (κ3) is 5.48. The second-order valence-electron chi connectivity index (χ2n) is 8.78. The minimum atomic E-state index is -0.690. The number of hydrogen-bond donors (Lipinski definition) is 0. The smallest absolute Gasteiger partial charge is 0.284 e. The number of non-ortho nitro benzene ring substituents is 2. The topological polar surface area (TPSA) is 139 Å². The molecule has 0 heterocycles. The highest BCUT2D eigenvalue weighted by Gasteiger charge is 2.34. The molecule has 0 saturated heterocycles. The van der Waals surface area contributed by atoms with Crippen LogP contribution in [0.1, 0.15) is 55.7 Å². The predicted molar refractivity (Wildman–Crippen MR) is 140 cm³/mol. The summed E-state index contributed by atoms with van der Waals surface area (Å²) in [4.78, 5) is 32.9. The predicted octanol–water partition coefficient (Wildman–Crippen LogP) is 7.33. The van der Waals surface area contributed by atoms with E-state index in [-0.39, 0.29) is 16.8 Å². The Morgan fingerprint density at radius 3 is 2.05 bits per heavy atom. The van der Waals surface area contributed by atoms with Gasteiger partial charge in [0.1, 0.15) is 5.75 Å². The van der Waals surface area contributed by atoms with E-state index < -0.39 is 26.1 Å². The molecule has 10 heteroatoms. The van der Waals surface area contributed by atoms with E-state index >= 15 is 0 Å². The minimum absolute atomic E-state index is 0.183. The summed E-state index contributed by atoms with van der Waals surface area (Å²) in [5, 5.41) is 34.8. The fourth-order valence-electron chi connectivity index (χ4n) is 4.47. The van der Waals surface area contributed by atoms with E-state index in [9.17, 15) is 30.3 Å². The van der Waals surface area contributed by atoms with Gasteiger partial charge in [-0.2, -0.15) is 0 Å². The summed E-state index contributed by atoms with van der Waals surface area (Å²) in [7, 11) is 0. The highest BCUT2D eigenvalue weighted by Crippen LogP contribution is 2.51. The maximum Gasteiger partial charge on any atom is 0.284 e. The van der Waals surface area contributed by atoms with Gasteiger partial charge in [-0.1, -0.05) is 44.7 Å². The lowest BCUT2D eigenvalue weighted by Crippen LogP contribution is -1.97. The molecule has 0 amide bonds. The molecule has 0 fully saturated rings. The molecule has 4 rings (SSSR count). The van der Waals surface area contributed by atoms with Crippen molar-refractivity contribution in [1.82, 2.24) is 0 Å². The first-order valence-corrected chi connectivity index (χ1v) is 12.0. The number of unbranched alkanes of at least 4 members (excludes halogenated alkanes) is 4. The standard InChI is InChI=1S/C27H25N3O7/c1-2-3-4-5-6-13-37-21-10-7-18(8-11-21)14-23-24-15-19(28(31)32)9-12-22(24)27-25(23)16-20(29(33)34)17-26(27)30(35)36/h7-12,14-17H,2-6,13H2,1H3. The van der Waals surface area contributed by atoms with Gasteiger partial charge in [0, 0.05) is 23.8 Å². The molecule has 0 aromatic heterocycles. The van der Waals surface area contributed by atoms with E-state index in [2.05, 4.69) is 6.92 Å². The number of rotatable bonds is 11. The van der Waals surface area contributed by atoms with Gasteiger partial charge in [0.2, 0.25) is 0 Å². The van der Waals surface area contributed by atoms with E-state index in [4.69, 9.17) is 4.74 Å². The van der Waals surface area contributed by atoms with Gasteiger partial charge < -0.3 is 4.74 Å². The third-order valence-electron chi connectivity index (χ3n) is 6.28. The van der Waals surface area contributed by atoms with Crippen LogP contribution in [0, 0.1) is 30.3 Å². The second kappa shape index (κ2) is 11.0. The zero-order chi connectivity index (χ0) is 26.5. The monoisotopic (exact) mass is 503 g/mol. The fraction of sp³-hybridized carbons (Fsp3) is 0.259. The number of benzene rings is 3. The van der Waals surface area contributed by atoms with Crippen molar-refractivity contribution in [3.05, 3.63) is 102 Å². The van der Waals surface area contributed by atoms with Crippen LogP contribution in [0.5, 0.6) is 5.75 Å². The van der Waals surface area contributed by atoms with E-state index in [1.165, 1.54) is 43.5 Å². The van der Waals surface area contributed by atoms with Gasteiger partial charge in [0.15, 0.2) is 0 Å². The highest BCUT2D eigenvalue weighted by atomic mass is 16.6. The summed E-state index contributed by atoms with van der Waals surface area (Å²) >= 11 is 0. The van der Waals surface area contributed by atoms with Crippen molar-refractivity contribution in [1.29, 1.82) is 0 Å². The molecule has 37 heavy (non-hydrogen) atoms. The average Bonchev–Trinajstić information content (AvgIpc) is 3.19. The SMILES string of the molecule is CCCCCCCOc1ccc(C=C2c3cc([N+](=O)[O-])ccc3-c3c2cc([N+](=O)[O-])cc3[N+](=O)[O-])cc1. The van der Waals surface area contributed by atoms with Crippen molar-refractivity contribution in [2.75, 3.05) is 6.61 Å². The summed E-state index contributed by atoms with van der Waals surface area (Å²) in [6.07, 6.45) is 7.38. The van der Waals surface area contributed by atoms with Crippen LogP contribution in [-0.4, -0.2) is 21.4 Å². The van der Waals surface area contributed by atoms with E-state index in [1.807, 2.05) is 0 Å². The van der Waals surface area contributed by atoms with Crippen LogP contribution in [0.15, 0.2) is 54.6 Å². The summed E-state index contributed by atoms with van der Waals surface area (Å²) in [5.74, 6) is 0.701. The molecule has 0 saturated carbocycles. The summed E-state index contributed by atoms with van der Waals surface area (Å²) < 4.78 is 5.80. The van der Waals surface area contributed by atoms with Gasteiger partial charge in [0.05, 0.1) is 33.0 Å². The number of nitro groups is 3. The quantitative estimate of drug-likeness (QED) is 0.119. The molecule has 0 aliphatic heterocycles. The van der Waals surface area contributed by atoms with Crippen LogP contribution in [0.2, 0.25) is 0 Å². The van der Waals surface area contributed by atoms with E-state index in [1.54, 1.807) is 30.3 Å². The van der Waals surface area contributed by atoms with Crippen molar-refractivity contribution in [3.63, 3.8) is 0 Å². The Balaban J connectivity index is 1.72. The van der Waals surface area contributed by atoms with Crippen molar-refractivity contribution < 1.29 is 19.5 Å². The third-order valence-corrected chi connectivity index (χ3v) is 6.28. The van der Waals surface area contributed by atoms with Crippen LogP contribution in [0.3, 0.4) is 0 Å². The lowest BCUT2D eigenvalue weighted by molar-refractivity contribution is -0.393. The number of hydrogen-bond acceptors (Lipinski definition) is 7. The van der Waals surface area contributed by atoms with Crippen LogP contribution in [0.4, 0.5) is 17.1 Å². The van der Waals surface area contributed by atoms with Crippen molar-refractivity contribution in [2.45, 2.75) is 39.0 Å². The molecule has 0 spiro atoms. The van der Waals surface area contributed by atoms with Gasteiger partial charge in [0.25, 0.3) is 17.1 Å². The molecule has 1 aliphatic carbocycles. The first-order valence-electron chi connectivity index (χ1n) is 12.0. The molecule has 190 valence electrons. The zero-order valence-electron chi connectivity index (χ0n) is 20.2. The molecular weight excluding hydrogens is 478 g/mol. The molecule has 0 unspecified atom stereocenters. The highest BCUT2D eigenvalue weighted by molar-refractivity contribution is 6.09. The molecule has 0 radical (unpaired) electrons. The van der Waals surface area contributed by atoms with Crippen LogP contribution < -0.4 is 4.74 Å². The maximum atomic E-state index is 11.8. The Morgan fingerprint density at radius 2 is 1.41 bits per heavy atom. The molecule has 1 aliphatic rings. The van der Waals surface area contributed by atoms with Crippen LogP contribution in [-0.2, 0) is 0 Å². The van der Waals surface area contributed by atoms with Crippen LogP contribution in [0.25, 0.3) is 22.8 Å². The van der Waals surface area contributed by atoms with E-state index in [0.717, 1.165) is 18.9 Å². The minimum Gasteiger partial charge on any atom is -0.494 e. The fourth-order valence-corrected chi connectivity index (χ4v) is 4.47. The number of ether oxygens (including phenoxy) is 1. The first-order chi connectivity index (χ1) is 17.8. The average molecular weight is 504 g/mol. The Kier molecular flexibility index (Phi) is 7.57. The lowest BCUT2D eigenvalue weighted by Gasteiger charge is -2.07. The Labute approximate surface area is 212 Å². The molecule has 3 aromatic carbocycles. The second-order valence-corrected chi connectivity index (χ2v) is 8.78. The zero-order valence-corrected chi connectivity index (χ0v) is 20.2. The van der Waals surface area contributed by atoms with Gasteiger partial charge in [-0.05, 0) is 53.0 Å². The molecule has 0 N–H and O–H groups in total. The summed E-state index contributed by atoms with van der Waals surface area (Å²) in [5.41, 5.74) is 1.41. The molecular formula is C27H25N3O7. The number of nitrogens with zero attached hydrogens (tertiary/aromatic N) is 3. The van der Waals surface area contributed by atoms with Gasteiger partial charge in [-0.3, -0.25) is 30.3 Å². The van der Waals surface area contributed by atoms with Gasteiger partial charge >= 0.3 is 0 Å². The van der Waals surface area contributed by atoms with Crippen molar-refractivity contribution in [2.24, 2.45) is 0 Å². The maximum absolute atomic E-state index is 11.8. The number of fused-ring (bicyclic) bond motifs is 3. The Hall–Kier alpha value is -4.60. The number of nitro benzene ring substituents is 3. The van der Waals surface area contributed by atoms with Gasteiger partial charge in [-0.25, -0.2) is 0 Å².